The Hall–Kier alpha value is -3.38. The predicted molar refractivity (Wildman–Crippen MR) is 112 cm³/mol. The summed E-state index contributed by atoms with van der Waals surface area (Å²) in [5.74, 6) is 0.754. The van der Waals surface area contributed by atoms with Gasteiger partial charge >= 0.3 is 0 Å². The lowest BCUT2D eigenvalue weighted by Crippen LogP contribution is -2.12. The van der Waals surface area contributed by atoms with Crippen LogP contribution in [0.4, 0.5) is 5.69 Å². The number of oxazole rings is 1. The largest absolute Gasteiger partial charge is 0.494 e. The molecule has 0 unspecified atom stereocenters. The summed E-state index contributed by atoms with van der Waals surface area (Å²) in [7, 11) is 0. The average Bonchev–Trinajstić information content (AvgIpc) is 3.18. The highest BCUT2D eigenvalue weighted by atomic mass is 35.5. The van der Waals surface area contributed by atoms with Gasteiger partial charge in [-0.15, -0.1) is 0 Å². The van der Waals surface area contributed by atoms with Crippen LogP contribution in [0.1, 0.15) is 23.7 Å². The second kappa shape index (κ2) is 8.32. The second-order valence-electron chi connectivity index (χ2n) is 6.37. The number of fused-ring (bicyclic) bond motifs is 1. The van der Waals surface area contributed by atoms with E-state index in [2.05, 4.69) is 15.3 Å². The van der Waals surface area contributed by atoms with Crippen molar-refractivity contribution in [1.29, 1.82) is 0 Å². The minimum atomic E-state index is -0.251. The van der Waals surface area contributed by atoms with Crippen LogP contribution in [0, 0.1) is 0 Å². The van der Waals surface area contributed by atoms with Crippen molar-refractivity contribution in [2.75, 3.05) is 11.9 Å². The Labute approximate surface area is 172 Å². The number of hydrogen-bond acceptors (Lipinski definition) is 5. The fourth-order valence-corrected chi connectivity index (χ4v) is 3.00. The first-order chi connectivity index (χ1) is 14.1. The lowest BCUT2D eigenvalue weighted by Gasteiger charge is -2.09. The molecule has 7 heteroatoms. The summed E-state index contributed by atoms with van der Waals surface area (Å²) in [5.41, 5.74) is 2.71. The van der Waals surface area contributed by atoms with Gasteiger partial charge in [-0.05, 0) is 55.0 Å². The SMILES string of the molecule is CCCOc1cccc(C(=O)Nc2ccc(Cl)c(-c3nc4ncccc4o3)c2)c1. The third-order valence-corrected chi connectivity index (χ3v) is 4.52. The zero-order chi connectivity index (χ0) is 20.2. The minimum Gasteiger partial charge on any atom is -0.494 e. The molecule has 0 spiro atoms. The van der Waals surface area contributed by atoms with E-state index in [0.717, 1.165) is 6.42 Å². The van der Waals surface area contributed by atoms with E-state index >= 15 is 0 Å². The van der Waals surface area contributed by atoms with Crippen molar-refractivity contribution in [3.63, 3.8) is 0 Å². The van der Waals surface area contributed by atoms with E-state index in [9.17, 15) is 4.79 Å². The van der Waals surface area contributed by atoms with E-state index in [1.54, 1.807) is 54.7 Å². The van der Waals surface area contributed by atoms with Crippen LogP contribution in [-0.4, -0.2) is 22.5 Å². The Kier molecular flexibility index (Phi) is 5.44. The first-order valence-corrected chi connectivity index (χ1v) is 9.57. The van der Waals surface area contributed by atoms with Gasteiger partial charge in [-0.2, -0.15) is 4.98 Å². The molecule has 29 heavy (non-hydrogen) atoms. The van der Waals surface area contributed by atoms with Crippen molar-refractivity contribution in [2.45, 2.75) is 13.3 Å². The number of hydrogen-bond donors (Lipinski definition) is 1. The number of pyridine rings is 1. The smallest absolute Gasteiger partial charge is 0.255 e. The van der Waals surface area contributed by atoms with Crippen LogP contribution >= 0.6 is 11.6 Å². The molecule has 0 aliphatic rings. The molecule has 4 aromatic rings. The second-order valence-corrected chi connectivity index (χ2v) is 6.78. The molecular weight excluding hydrogens is 390 g/mol. The van der Waals surface area contributed by atoms with Gasteiger partial charge in [0.1, 0.15) is 5.75 Å². The zero-order valence-corrected chi connectivity index (χ0v) is 16.4. The minimum absolute atomic E-state index is 0.251. The van der Waals surface area contributed by atoms with Gasteiger partial charge in [-0.3, -0.25) is 4.79 Å². The van der Waals surface area contributed by atoms with E-state index in [0.29, 0.717) is 51.3 Å². The molecular formula is C22H18ClN3O3. The van der Waals surface area contributed by atoms with Crippen molar-refractivity contribution in [2.24, 2.45) is 0 Å². The van der Waals surface area contributed by atoms with E-state index < -0.39 is 0 Å². The fraction of sp³-hybridized carbons (Fsp3) is 0.136. The highest BCUT2D eigenvalue weighted by Gasteiger charge is 2.14. The third-order valence-electron chi connectivity index (χ3n) is 4.19. The van der Waals surface area contributed by atoms with E-state index in [1.165, 1.54) is 0 Å². The molecule has 0 aliphatic heterocycles. The van der Waals surface area contributed by atoms with E-state index in [1.807, 2.05) is 13.0 Å². The maximum absolute atomic E-state index is 12.7. The monoisotopic (exact) mass is 407 g/mol. The molecule has 2 aromatic heterocycles. The summed E-state index contributed by atoms with van der Waals surface area (Å²) in [6, 6.07) is 15.8. The van der Waals surface area contributed by atoms with Crippen LogP contribution in [0.3, 0.4) is 0 Å². The molecule has 0 aliphatic carbocycles. The number of anilines is 1. The highest BCUT2D eigenvalue weighted by molar-refractivity contribution is 6.33. The molecule has 1 amide bonds. The number of aromatic nitrogens is 2. The van der Waals surface area contributed by atoms with Gasteiger partial charge in [0, 0.05) is 17.4 Å². The number of amides is 1. The first kappa shape index (κ1) is 19.0. The maximum atomic E-state index is 12.7. The van der Waals surface area contributed by atoms with Gasteiger partial charge in [0.25, 0.3) is 5.91 Å². The van der Waals surface area contributed by atoms with Gasteiger partial charge in [-0.1, -0.05) is 24.6 Å². The number of carbonyl (C=O) groups is 1. The van der Waals surface area contributed by atoms with Crippen LogP contribution in [0.5, 0.6) is 5.75 Å². The summed E-state index contributed by atoms with van der Waals surface area (Å²) in [6.07, 6.45) is 2.54. The lowest BCUT2D eigenvalue weighted by atomic mass is 10.1. The summed E-state index contributed by atoms with van der Waals surface area (Å²) in [5, 5.41) is 3.34. The maximum Gasteiger partial charge on any atom is 0.255 e. The summed E-state index contributed by atoms with van der Waals surface area (Å²) < 4.78 is 11.3. The van der Waals surface area contributed by atoms with Crippen LogP contribution in [0.15, 0.2) is 65.2 Å². The van der Waals surface area contributed by atoms with Crippen LogP contribution in [0.25, 0.3) is 22.7 Å². The van der Waals surface area contributed by atoms with Crippen molar-refractivity contribution in [3.05, 3.63) is 71.4 Å². The van der Waals surface area contributed by atoms with Gasteiger partial charge in [0.2, 0.25) is 5.89 Å². The molecule has 4 rings (SSSR count). The molecule has 2 heterocycles. The Morgan fingerprint density at radius 2 is 2.07 bits per heavy atom. The summed E-state index contributed by atoms with van der Waals surface area (Å²) in [6.45, 7) is 2.63. The Morgan fingerprint density at radius 1 is 1.17 bits per heavy atom. The number of carbonyl (C=O) groups excluding carboxylic acids is 1. The normalized spacial score (nSPS) is 10.8. The van der Waals surface area contributed by atoms with Crippen LogP contribution in [0.2, 0.25) is 5.02 Å². The molecule has 6 nitrogen and oxygen atoms in total. The van der Waals surface area contributed by atoms with Crippen molar-refractivity contribution in [1.82, 2.24) is 9.97 Å². The average molecular weight is 408 g/mol. The molecule has 0 saturated carbocycles. The van der Waals surface area contributed by atoms with Gasteiger partial charge in [-0.25, -0.2) is 4.98 Å². The fourth-order valence-electron chi connectivity index (χ4n) is 2.80. The lowest BCUT2D eigenvalue weighted by molar-refractivity contribution is 0.102. The molecule has 0 atom stereocenters. The number of rotatable bonds is 6. The number of halogens is 1. The molecule has 1 N–H and O–H groups in total. The molecule has 146 valence electrons. The van der Waals surface area contributed by atoms with Crippen molar-refractivity contribution < 1.29 is 13.9 Å². The summed E-state index contributed by atoms with van der Waals surface area (Å²) in [4.78, 5) is 21.2. The number of nitrogens with one attached hydrogen (secondary N) is 1. The van der Waals surface area contributed by atoms with Crippen molar-refractivity contribution >= 4 is 34.4 Å². The first-order valence-electron chi connectivity index (χ1n) is 9.20. The topological polar surface area (TPSA) is 77.2 Å². The van der Waals surface area contributed by atoms with Crippen LogP contribution < -0.4 is 10.1 Å². The Balaban J connectivity index is 1.58. The molecule has 2 aromatic carbocycles. The quantitative estimate of drug-likeness (QED) is 0.451. The zero-order valence-electron chi connectivity index (χ0n) is 15.7. The van der Waals surface area contributed by atoms with Gasteiger partial charge in [0.05, 0.1) is 17.2 Å². The number of nitrogens with zero attached hydrogens (tertiary/aromatic N) is 2. The third kappa shape index (κ3) is 4.22. The molecule has 0 saturated heterocycles. The van der Waals surface area contributed by atoms with Gasteiger partial charge in [0.15, 0.2) is 11.2 Å². The number of benzene rings is 2. The van der Waals surface area contributed by atoms with Gasteiger partial charge < -0.3 is 14.5 Å². The summed E-state index contributed by atoms with van der Waals surface area (Å²) >= 11 is 6.33. The molecule has 0 fully saturated rings. The van der Waals surface area contributed by atoms with Crippen molar-refractivity contribution in [3.8, 4) is 17.2 Å². The Bertz CT molecular complexity index is 1140. The standard InChI is InChI=1S/C22H18ClN3O3/c1-2-11-28-16-6-3-5-14(12-16)21(27)25-15-8-9-18(23)17(13-15)22-26-20-19(29-22)7-4-10-24-20/h3-10,12-13H,2,11H2,1H3,(H,25,27). The van der Waals surface area contributed by atoms with E-state index in [-0.39, 0.29) is 5.91 Å². The Morgan fingerprint density at radius 3 is 2.90 bits per heavy atom. The van der Waals surface area contributed by atoms with E-state index in [4.69, 9.17) is 20.8 Å². The number of ether oxygens (including phenoxy) is 1. The molecule has 0 bridgehead atoms. The molecule has 0 radical (unpaired) electrons. The predicted octanol–water partition coefficient (Wildman–Crippen LogP) is 5.58. The van der Waals surface area contributed by atoms with Crippen LogP contribution in [-0.2, 0) is 0 Å². The highest BCUT2D eigenvalue weighted by Crippen LogP contribution is 2.32.